The highest BCUT2D eigenvalue weighted by Gasteiger charge is 2.09. The lowest BCUT2D eigenvalue weighted by molar-refractivity contribution is 0.306. The number of unbranched alkanes of at least 4 members (excludes halogenated alkanes) is 1. The Labute approximate surface area is 131 Å². The van der Waals surface area contributed by atoms with E-state index in [9.17, 15) is 0 Å². The molecule has 0 atom stereocenters. The predicted molar refractivity (Wildman–Crippen MR) is 90.3 cm³/mol. The molecule has 0 unspecified atom stereocenters. The average molecular weight is 340 g/mol. The molecule has 0 aromatic heterocycles. The molecule has 1 aromatic rings. The molecule has 112 valence electrons. The molecule has 0 spiro atoms. The van der Waals surface area contributed by atoms with E-state index in [4.69, 9.17) is 4.74 Å². The van der Waals surface area contributed by atoms with E-state index in [2.05, 4.69) is 60.7 Å². The fourth-order valence-electron chi connectivity index (χ4n) is 2.03. The summed E-state index contributed by atoms with van der Waals surface area (Å²) in [5.74, 6) is 1.67. The van der Waals surface area contributed by atoms with Crippen LogP contribution in [0.3, 0.4) is 0 Å². The fraction of sp³-hybridized carbons (Fsp3) is 0.529. The molecule has 1 aromatic carbocycles. The molecule has 0 saturated heterocycles. The van der Waals surface area contributed by atoms with Crippen molar-refractivity contribution in [1.82, 2.24) is 5.32 Å². The Bertz CT molecular complexity index is 429. The van der Waals surface area contributed by atoms with Crippen molar-refractivity contribution in [3.8, 4) is 5.75 Å². The second-order valence-corrected chi connectivity index (χ2v) is 6.43. The number of allylic oxidation sites excluding steroid dienone is 1. The summed E-state index contributed by atoms with van der Waals surface area (Å²) in [6.45, 7) is 12.9. The standard InChI is InChI=1S/C17H26BrNO/c1-5-6-7-8-20-17-14(4)9-16(18)10-15(17)12-19-11-13(2)3/h5,9-10,13,19H,1,6-8,11-12H2,2-4H3. The van der Waals surface area contributed by atoms with E-state index in [1.165, 1.54) is 11.1 Å². The molecule has 0 amide bonds. The van der Waals surface area contributed by atoms with Crippen molar-refractivity contribution in [2.45, 2.75) is 40.2 Å². The van der Waals surface area contributed by atoms with Crippen molar-refractivity contribution in [3.05, 3.63) is 40.4 Å². The summed E-state index contributed by atoms with van der Waals surface area (Å²) in [7, 11) is 0. The van der Waals surface area contributed by atoms with Crippen LogP contribution in [0.5, 0.6) is 5.75 Å². The van der Waals surface area contributed by atoms with E-state index >= 15 is 0 Å². The van der Waals surface area contributed by atoms with Gasteiger partial charge in [0.15, 0.2) is 0 Å². The van der Waals surface area contributed by atoms with Crippen molar-refractivity contribution in [2.75, 3.05) is 13.2 Å². The van der Waals surface area contributed by atoms with Crippen LogP contribution in [-0.4, -0.2) is 13.2 Å². The molecule has 0 saturated carbocycles. The van der Waals surface area contributed by atoms with Gasteiger partial charge in [-0.3, -0.25) is 0 Å². The highest BCUT2D eigenvalue weighted by Crippen LogP contribution is 2.28. The van der Waals surface area contributed by atoms with E-state index in [-0.39, 0.29) is 0 Å². The van der Waals surface area contributed by atoms with Crippen LogP contribution in [0.15, 0.2) is 29.3 Å². The molecule has 0 heterocycles. The van der Waals surface area contributed by atoms with Crippen LogP contribution in [-0.2, 0) is 6.54 Å². The zero-order valence-corrected chi connectivity index (χ0v) is 14.4. The molecule has 1 N–H and O–H groups in total. The maximum Gasteiger partial charge on any atom is 0.126 e. The van der Waals surface area contributed by atoms with E-state index in [0.29, 0.717) is 5.92 Å². The van der Waals surface area contributed by atoms with Gasteiger partial charge in [0.2, 0.25) is 0 Å². The molecule has 0 bridgehead atoms. The van der Waals surface area contributed by atoms with Crippen LogP contribution < -0.4 is 10.1 Å². The third kappa shape index (κ3) is 6.10. The van der Waals surface area contributed by atoms with E-state index in [1.807, 2.05) is 6.08 Å². The van der Waals surface area contributed by atoms with Crippen LogP contribution in [0.2, 0.25) is 0 Å². The zero-order chi connectivity index (χ0) is 15.0. The summed E-state index contributed by atoms with van der Waals surface area (Å²) in [6.07, 6.45) is 3.94. The minimum atomic E-state index is 0.653. The molecule has 0 aliphatic rings. The molecule has 20 heavy (non-hydrogen) atoms. The molecule has 0 fully saturated rings. The lowest BCUT2D eigenvalue weighted by Crippen LogP contribution is -2.19. The Hall–Kier alpha value is -0.800. The van der Waals surface area contributed by atoms with Gasteiger partial charge in [0.25, 0.3) is 0 Å². The Balaban J connectivity index is 2.70. The number of hydrogen-bond donors (Lipinski definition) is 1. The summed E-state index contributed by atoms with van der Waals surface area (Å²) in [5.41, 5.74) is 2.40. The lowest BCUT2D eigenvalue weighted by Gasteiger charge is -2.16. The van der Waals surface area contributed by atoms with Crippen molar-refractivity contribution in [2.24, 2.45) is 5.92 Å². The maximum absolute atomic E-state index is 5.97. The zero-order valence-electron chi connectivity index (χ0n) is 12.8. The van der Waals surface area contributed by atoms with Gasteiger partial charge in [-0.2, -0.15) is 0 Å². The first kappa shape index (κ1) is 17.3. The van der Waals surface area contributed by atoms with Crippen LogP contribution in [0.1, 0.15) is 37.8 Å². The Morgan fingerprint density at radius 3 is 2.80 bits per heavy atom. The molecule has 3 heteroatoms. The molecule has 0 aliphatic carbocycles. The molecular formula is C17H26BrNO. The van der Waals surface area contributed by atoms with E-state index < -0.39 is 0 Å². The first-order valence-electron chi connectivity index (χ1n) is 7.28. The smallest absolute Gasteiger partial charge is 0.126 e. The largest absolute Gasteiger partial charge is 0.493 e. The number of aryl methyl sites for hydroxylation is 1. The van der Waals surface area contributed by atoms with Crippen molar-refractivity contribution in [1.29, 1.82) is 0 Å². The molecule has 2 nitrogen and oxygen atoms in total. The van der Waals surface area contributed by atoms with Gasteiger partial charge in [0, 0.05) is 16.6 Å². The minimum Gasteiger partial charge on any atom is -0.493 e. The van der Waals surface area contributed by atoms with Gasteiger partial charge in [-0.15, -0.1) is 6.58 Å². The monoisotopic (exact) mass is 339 g/mol. The second kappa shape index (κ2) is 9.19. The highest BCUT2D eigenvalue weighted by molar-refractivity contribution is 9.10. The Morgan fingerprint density at radius 1 is 1.40 bits per heavy atom. The number of hydrogen-bond acceptors (Lipinski definition) is 2. The van der Waals surface area contributed by atoms with E-state index in [0.717, 1.165) is 42.8 Å². The van der Waals surface area contributed by atoms with Gasteiger partial charge >= 0.3 is 0 Å². The summed E-state index contributed by atoms with van der Waals surface area (Å²) >= 11 is 3.56. The predicted octanol–water partition coefficient (Wildman–Crippen LogP) is 4.85. The lowest BCUT2D eigenvalue weighted by atomic mass is 10.1. The Kier molecular flexibility index (Phi) is 7.93. The summed E-state index contributed by atoms with van der Waals surface area (Å²) in [5, 5.41) is 3.48. The van der Waals surface area contributed by atoms with Gasteiger partial charge in [-0.05, 0) is 49.9 Å². The van der Waals surface area contributed by atoms with Crippen molar-refractivity contribution < 1.29 is 4.74 Å². The van der Waals surface area contributed by atoms with Gasteiger partial charge in [-0.1, -0.05) is 35.9 Å². The summed E-state index contributed by atoms with van der Waals surface area (Å²) < 4.78 is 7.08. The van der Waals surface area contributed by atoms with Gasteiger partial charge < -0.3 is 10.1 Å². The minimum absolute atomic E-state index is 0.653. The van der Waals surface area contributed by atoms with Crippen LogP contribution in [0, 0.1) is 12.8 Å². The molecule has 0 radical (unpaired) electrons. The van der Waals surface area contributed by atoms with Crippen molar-refractivity contribution in [3.63, 3.8) is 0 Å². The fourth-order valence-corrected chi connectivity index (χ4v) is 2.65. The molecular weight excluding hydrogens is 314 g/mol. The molecule has 0 aliphatic heterocycles. The van der Waals surface area contributed by atoms with Gasteiger partial charge in [0.05, 0.1) is 6.61 Å². The maximum atomic E-state index is 5.97. The number of benzene rings is 1. The second-order valence-electron chi connectivity index (χ2n) is 5.52. The van der Waals surface area contributed by atoms with Crippen LogP contribution in [0.25, 0.3) is 0 Å². The first-order valence-corrected chi connectivity index (χ1v) is 8.07. The highest BCUT2D eigenvalue weighted by atomic mass is 79.9. The third-order valence-electron chi connectivity index (χ3n) is 2.98. The summed E-state index contributed by atoms with van der Waals surface area (Å²) in [4.78, 5) is 0. The van der Waals surface area contributed by atoms with E-state index in [1.54, 1.807) is 0 Å². The summed E-state index contributed by atoms with van der Waals surface area (Å²) in [6, 6.07) is 4.25. The third-order valence-corrected chi connectivity index (χ3v) is 3.44. The van der Waals surface area contributed by atoms with Crippen LogP contribution in [0.4, 0.5) is 0 Å². The Morgan fingerprint density at radius 2 is 2.15 bits per heavy atom. The SMILES string of the molecule is C=CCCCOc1c(C)cc(Br)cc1CNCC(C)C. The number of halogens is 1. The average Bonchev–Trinajstić information content (AvgIpc) is 2.36. The van der Waals surface area contributed by atoms with Gasteiger partial charge in [0.1, 0.15) is 5.75 Å². The number of rotatable bonds is 9. The van der Waals surface area contributed by atoms with Crippen LogP contribution >= 0.6 is 15.9 Å². The topological polar surface area (TPSA) is 21.3 Å². The number of ether oxygens (including phenoxy) is 1. The quantitative estimate of drug-likeness (QED) is 0.513. The normalized spacial score (nSPS) is 10.8. The van der Waals surface area contributed by atoms with Crippen molar-refractivity contribution >= 4 is 15.9 Å². The molecule has 1 rings (SSSR count). The van der Waals surface area contributed by atoms with Gasteiger partial charge in [-0.25, -0.2) is 0 Å². The number of nitrogens with one attached hydrogen (secondary N) is 1. The first-order chi connectivity index (χ1) is 9.54.